The van der Waals surface area contributed by atoms with Gasteiger partial charge in [0.1, 0.15) is 5.60 Å². The van der Waals surface area contributed by atoms with Crippen LogP contribution in [0.2, 0.25) is 0 Å². The highest BCUT2D eigenvalue weighted by Crippen LogP contribution is 2.59. The summed E-state index contributed by atoms with van der Waals surface area (Å²) in [5, 5.41) is 0. The number of carbonyl (C=O) groups excluding carboxylic acids is 1. The van der Waals surface area contributed by atoms with Crippen molar-refractivity contribution in [2.75, 3.05) is 26.4 Å². The SMILES string of the molecule is CCOC(c1cccc(C)c1)(C1CCCCC1)C1(C(N)=O)CCC(OCCCOC2CCCCO2)CC1. The standard InChI is InChI=1S/C31H49NO5/c1-3-37-31(25-12-5-4-6-13-25,26-14-9-11-24(2)23-26)30(29(32)33)18-16-27(17-19-30)34-21-10-22-36-28-15-7-8-20-35-28/h9,11,14,23,25,27-28H,3-8,10,12-13,15-22H2,1-2H3,(H2,32,33). The molecular formula is C31H49NO5. The quantitative estimate of drug-likeness (QED) is 0.337. The molecule has 2 N–H and O–H groups in total. The summed E-state index contributed by atoms with van der Waals surface area (Å²) in [6.45, 7) is 6.86. The topological polar surface area (TPSA) is 80.0 Å². The van der Waals surface area contributed by atoms with E-state index in [0.717, 1.165) is 57.1 Å². The molecule has 2 atom stereocenters. The summed E-state index contributed by atoms with van der Waals surface area (Å²) in [6, 6.07) is 8.62. The Morgan fingerprint density at radius 2 is 1.76 bits per heavy atom. The van der Waals surface area contributed by atoms with E-state index in [0.29, 0.717) is 32.7 Å². The molecule has 0 spiro atoms. The Bertz CT molecular complexity index is 840. The maximum atomic E-state index is 13.5. The zero-order chi connectivity index (χ0) is 26.1. The first-order chi connectivity index (χ1) is 18.0. The number of hydrogen-bond acceptors (Lipinski definition) is 5. The Hall–Kier alpha value is -1.47. The van der Waals surface area contributed by atoms with Crippen molar-refractivity contribution >= 4 is 5.91 Å². The van der Waals surface area contributed by atoms with Crippen molar-refractivity contribution in [1.29, 1.82) is 0 Å². The van der Waals surface area contributed by atoms with Gasteiger partial charge in [-0.3, -0.25) is 4.79 Å². The molecule has 3 aliphatic rings. The lowest BCUT2D eigenvalue weighted by Gasteiger charge is -2.56. The van der Waals surface area contributed by atoms with Crippen LogP contribution in [0.15, 0.2) is 24.3 Å². The number of benzene rings is 1. The first-order valence-electron chi connectivity index (χ1n) is 14.9. The molecule has 1 saturated heterocycles. The van der Waals surface area contributed by atoms with Gasteiger partial charge < -0.3 is 24.7 Å². The fourth-order valence-corrected chi connectivity index (χ4v) is 7.27. The molecule has 0 bridgehead atoms. The van der Waals surface area contributed by atoms with E-state index in [-0.39, 0.29) is 24.2 Å². The van der Waals surface area contributed by atoms with Crippen LogP contribution in [0.5, 0.6) is 0 Å². The Morgan fingerprint density at radius 3 is 2.41 bits per heavy atom. The molecule has 2 unspecified atom stereocenters. The van der Waals surface area contributed by atoms with E-state index in [2.05, 4.69) is 38.1 Å². The second-order valence-corrected chi connectivity index (χ2v) is 11.4. The Kier molecular flexibility index (Phi) is 10.4. The predicted molar refractivity (Wildman–Crippen MR) is 145 cm³/mol. The molecule has 1 aliphatic heterocycles. The van der Waals surface area contributed by atoms with Gasteiger partial charge in [0, 0.05) is 19.8 Å². The van der Waals surface area contributed by atoms with E-state index < -0.39 is 11.0 Å². The molecule has 1 aromatic carbocycles. The van der Waals surface area contributed by atoms with Crippen LogP contribution in [0.3, 0.4) is 0 Å². The van der Waals surface area contributed by atoms with Gasteiger partial charge in [-0.25, -0.2) is 0 Å². The van der Waals surface area contributed by atoms with Gasteiger partial charge in [-0.1, -0.05) is 49.1 Å². The van der Waals surface area contributed by atoms with Crippen molar-refractivity contribution < 1.29 is 23.7 Å². The van der Waals surface area contributed by atoms with E-state index in [9.17, 15) is 4.79 Å². The summed E-state index contributed by atoms with van der Waals surface area (Å²) in [6.07, 6.45) is 13.1. The van der Waals surface area contributed by atoms with Gasteiger partial charge in [0.15, 0.2) is 6.29 Å². The summed E-state index contributed by atoms with van der Waals surface area (Å²) in [7, 11) is 0. The van der Waals surface area contributed by atoms with Gasteiger partial charge in [0.05, 0.1) is 18.1 Å². The summed E-state index contributed by atoms with van der Waals surface area (Å²) in [5.74, 6) is 0.0690. The Balaban J connectivity index is 1.46. The van der Waals surface area contributed by atoms with Crippen molar-refractivity contribution in [2.45, 2.75) is 115 Å². The number of primary amides is 1. The lowest BCUT2D eigenvalue weighted by molar-refractivity contribution is -0.204. The first kappa shape index (κ1) is 28.5. The van der Waals surface area contributed by atoms with Crippen molar-refractivity contribution in [3.63, 3.8) is 0 Å². The number of amides is 1. The van der Waals surface area contributed by atoms with E-state index in [1.165, 1.54) is 31.2 Å². The fourth-order valence-electron chi connectivity index (χ4n) is 7.27. The van der Waals surface area contributed by atoms with E-state index in [1.54, 1.807) is 0 Å². The normalized spacial score (nSPS) is 29.0. The van der Waals surface area contributed by atoms with Gasteiger partial charge in [-0.15, -0.1) is 0 Å². The largest absolute Gasteiger partial charge is 0.378 e. The third-order valence-corrected chi connectivity index (χ3v) is 9.05. The zero-order valence-corrected chi connectivity index (χ0v) is 23.2. The van der Waals surface area contributed by atoms with Gasteiger partial charge in [-0.2, -0.15) is 0 Å². The van der Waals surface area contributed by atoms with Crippen LogP contribution in [0.4, 0.5) is 0 Å². The zero-order valence-electron chi connectivity index (χ0n) is 23.2. The van der Waals surface area contributed by atoms with Gasteiger partial charge in [0.25, 0.3) is 0 Å². The highest BCUT2D eigenvalue weighted by molar-refractivity contribution is 5.83. The molecule has 6 heteroatoms. The average Bonchev–Trinajstić information content (AvgIpc) is 2.93. The molecule has 4 rings (SSSR count). The lowest BCUT2D eigenvalue weighted by Crippen LogP contribution is -2.61. The minimum absolute atomic E-state index is 0.0484. The Labute approximate surface area is 223 Å². The number of carbonyl (C=O) groups is 1. The monoisotopic (exact) mass is 515 g/mol. The smallest absolute Gasteiger partial charge is 0.226 e. The molecule has 1 heterocycles. The van der Waals surface area contributed by atoms with Crippen molar-refractivity contribution in [3.8, 4) is 0 Å². The number of ether oxygens (including phenoxy) is 4. The summed E-state index contributed by atoms with van der Waals surface area (Å²) < 4.78 is 24.6. The third kappa shape index (κ3) is 6.41. The highest BCUT2D eigenvalue weighted by Gasteiger charge is 2.61. The van der Waals surface area contributed by atoms with Gasteiger partial charge in [0.2, 0.25) is 5.91 Å². The highest BCUT2D eigenvalue weighted by atomic mass is 16.7. The van der Waals surface area contributed by atoms with Crippen molar-refractivity contribution in [3.05, 3.63) is 35.4 Å². The van der Waals surface area contributed by atoms with E-state index in [1.807, 2.05) is 0 Å². The number of rotatable bonds is 12. The number of nitrogens with two attached hydrogens (primary N) is 1. The molecule has 1 amide bonds. The summed E-state index contributed by atoms with van der Waals surface area (Å²) in [4.78, 5) is 13.5. The molecule has 1 aromatic rings. The molecule has 2 saturated carbocycles. The average molecular weight is 516 g/mol. The summed E-state index contributed by atoms with van der Waals surface area (Å²) in [5.41, 5.74) is 7.25. The van der Waals surface area contributed by atoms with Gasteiger partial charge in [-0.05, 0) is 89.5 Å². The number of hydrogen-bond donors (Lipinski definition) is 1. The molecule has 0 aromatic heterocycles. The number of aryl methyl sites for hydroxylation is 1. The van der Waals surface area contributed by atoms with Crippen LogP contribution >= 0.6 is 0 Å². The first-order valence-corrected chi connectivity index (χ1v) is 14.9. The molecular weight excluding hydrogens is 466 g/mol. The maximum absolute atomic E-state index is 13.5. The second kappa shape index (κ2) is 13.5. The lowest BCUT2D eigenvalue weighted by atomic mass is 9.53. The molecule has 208 valence electrons. The predicted octanol–water partition coefficient (Wildman–Crippen LogP) is 6.17. The molecule has 2 aliphatic carbocycles. The fraction of sp³-hybridized carbons (Fsp3) is 0.774. The molecule has 37 heavy (non-hydrogen) atoms. The molecule has 6 nitrogen and oxygen atoms in total. The van der Waals surface area contributed by atoms with Crippen LogP contribution in [0.25, 0.3) is 0 Å². The van der Waals surface area contributed by atoms with Crippen LogP contribution in [0.1, 0.15) is 102 Å². The van der Waals surface area contributed by atoms with Crippen LogP contribution in [0, 0.1) is 18.3 Å². The van der Waals surface area contributed by atoms with Crippen LogP contribution in [-0.2, 0) is 29.3 Å². The van der Waals surface area contributed by atoms with Crippen molar-refractivity contribution in [2.24, 2.45) is 17.1 Å². The second-order valence-electron chi connectivity index (χ2n) is 11.4. The minimum atomic E-state index is -0.736. The summed E-state index contributed by atoms with van der Waals surface area (Å²) >= 11 is 0. The van der Waals surface area contributed by atoms with Crippen LogP contribution in [-0.4, -0.2) is 44.7 Å². The van der Waals surface area contributed by atoms with Gasteiger partial charge >= 0.3 is 0 Å². The molecule has 0 radical (unpaired) electrons. The van der Waals surface area contributed by atoms with E-state index >= 15 is 0 Å². The minimum Gasteiger partial charge on any atom is -0.378 e. The maximum Gasteiger partial charge on any atom is 0.226 e. The third-order valence-electron chi connectivity index (χ3n) is 9.05. The van der Waals surface area contributed by atoms with Crippen LogP contribution < -0.4 is 5.73 Å². The van der Waals surface area contributed by atoms with Crippen molar-refractivity contribution in [1.82, 2.24) is 0 Å². The Morgan fingerprint density at radius 1 is 1.03 bits per heavy atom. The molecule has 3 fully saturated rings. The van der Waals surface area contributed by atoms with E-state index in [4.69, 9.17) is 24.7 Å².